The van der Waals surface area contributed by atoms with Crippen LogP contribution in [0.4, 0.5) is 4.39 Å². The van der Waals surface area contributed by atoms with Crippen molar-refractivity contribution in [1.82, 2.24) is 5.32 Å². The predicted octanol–water partition coefficient (Wildman–Crippen LogP) is 4.74. The Labute approximate surface area is 112 Å². The summed E-state index contributed by atoms with van der Waals surface area (Å²) in [6, 6.07) is 7.52. The Balaban J connectivity index is 2.22. The Morgan fingerprint density at radius 2 is 2.00 bits per heavy atom. The first-order valence-electron chi connectivity index (χ1n) is 6.46. The van der Waals surface area contributed by atoms with Gasteiger partial charge in [-0.15, -0.1) is 11.3 Å². The van der Waals surface area contributed by atoms with E-state index in [0.717, 1.165) is 16.5 Å². The lowest BCUT2D eigenvalue weighted by Gasteiger charge is -2.15. The van der Waals surface area contributed by atoms with Crippen LogP contribution in [-0.2, 0) is 0 Å². The van der Waals surface area contributed by atoms with E-state index in [0.29, 0.717) is 12.0 Å². The van der Waals surface area contributed by atoms with Gasteiger partial charge in [-0.05, 0) is 55.5 Å². The fourth-order valence-electron chi connectivity index (χ4n) is 2.14. The molecule has 1 aromatic heterocycles. The molecule has 0 aliphatic heterocycles. The van der Waals surface area contributed by atoms with Crippen molar-refractivity contribution in [2.24, 2.45) is 5.92 Å². The van der Waals surface area contributed by atoms with Crippen LogP contribution >= 0.6 is 11.3 Å². The lowest BCUT2D eigenvalue weighted by molar-refractivity contribution is 0.469. The van der Waals surface area contributed by atoms with Crippen molar-refractivity contribution in [3.63, 3.8) is 0 Å². The van der Waals surface area contributed by atoms with Crippen molar-refractivity contribution >= 4 is 21.4 Å². The van der Waals surface area contributed by atoms with Gasteiger partial charge in [-0.2, -0.15) is 0 Å². The van der Waals surface area contributed by atoms with Gasteiger partial charge in [0, 0.05) is 15.6 Å². The number of hydrogen-bond donors (Lipinski definition) is 1. The van der Waals surface area contributed by atoms with Crippen molar-refractivity contribution in [2.45, 2.75) is 32.7 Å². The molecule has 1 atom stereocenters. The zero-order valence-corrected chi connectivity index (χ0v) is 12.0. The Hall–Kier alpha value is -0.930. The summed E-state index contributed by atoms with van der Waals surface area (Å²) in [4.78, 5) is 1.30. The van der Waals surface area contributed by atoms with E-state index in [2.05, 4.69) is 25.2 Å². The maximum absolute atomic E-state index is 13.2. The van der Waals surface area contributed by atoms with Crippen molar-refractivity contribution in [3.05, 3.63) is 35.0 Å². The first-order valence-corrected chi connectivity index (χ1v) is 7.28. The van der Waals surface area contributed by atoms with E-state index < -0.39 is 0 Å². The molecule has 98 valence electrons. The molecule has 18 heavy (non-hydrogen) atoms. The van der Waals surface area contributed by atoms with E-state index in [1.54, 1.807) is 17.4 Å². The van der Waals surface area contributed by atoms with Crippen LogP contribution in [0.25, 0.3) is 10.1 Å². The topological polar surface area (TPSA) is 12.0 Å². The van der Waals surface area contributed by atoms with Gasteiger partial charge in [0.05, 0.1) is 0 Å². The summed E-state index contributed by atoms with van der Waals surface area (Å²) in [5.74, 6) is 0.558. The number of rotatable bonds is 5. The summed E-state index contributed by atoms with van der Waals surface area (Å²) in [6.45, 7) is 4.49. The lowest BCUT2D eigenvalue weighted by atomic mass is 10.0. The van der Waals surface area contributed by atoms with Gasteiger partial charge >= 0.3 is 0 Å². The number of fused-ring (bicyclic) bond motifs is 1. The van der Waals surface area contributed by atoms with E-state index in [1.807, 2.05) is 13.1 Å². The monoisotopic (exact) mass is 265 g/mol. The summed E-state index contributed by atoms with van der Waals surface area (Å²) in [6.07, 6.45) is 2.33. The largest absolute Gasteiger partial charge is 0.312 e. The molecule has 2 aromatic rings. The van der Waals surface area contributed by atoms with E-state index in [4.69, 9.17) is 0 Å². The summed E-state index contributed by atoms with van der Waals surface area (Å²) < 4.78 is 14.3. The molecule has 1 heterocycles. The van der Waals surface area contributed by atoms with E-state index >= 15 is 0 Å². The van der Waals surface area contributed by atoms with Gasteiger partial charge in [0.15, 0.2) is 0 Å². The average molecular weight is 265 g/mol. The highest BCUT2D eigenvalue weighted by atomic mass is 32.1. The molecule has 1 aromatic carbocycles. The summed E-state index contributed by atoms with van der Waals surface area (Å²) >= 11 is 1.76. The van der Waals surface area contributed by atoms with Crippen LogP contribution in [0.15, 0.2) is 24.3 Å². The Bertz CT molecular complexity index is 518. The maximum Gasteiger partial charge on any atom is 0.123 e. The van der Waals surface area contributed by atoms with Crippen LogP contribution in [0.1, 0.15) is 37.6 Å². The van der Waals surface area contributed by atoms with Gasteiger partial charge in [-0.25, -0.2) is 4.39 Å². The molecule has 0 fully saturated rings. The van der Waals surface area contributed by atoms with Gasteiger partial charge < -0.3 is 5.32 Å². The smallest absolute Gasteiger partial charge is 0.123 e. The van der Waals surface area contributed by atoms with Crippen LogP contribution in [-0.4, -0.2) is 7.05 Å². The molecule has 0 saturated carbocycles. The Morgan fingerprint density at radius 1 is 1.22 bits per heavy atom. The van der Waals surface area contributed by atoms with Crippen LogP contribution in [0.5, 0.6) is 0 Å². The van der Waals surface area contributed by atoms with Crippen molar-refractivity contribution in [1.29, 1.82) is 0 Å². The minimum Gasteiger partial charge on any atom is -0.312 e. The molecular weight excluding hydrogens is 245 g/mol. The molecule has 0 radical (unpaired) electrons. The number of benzene rings is 1. The molecule has 0 bridgehead atoms. The van der Waals surface area contributed by atoms with Gasteiger partial charge in [0.25, 0.3) is 0 Å². The Morgan fingerprint density at radius 3 is 2.67 bits per heavy atom. The molecule has 0 spiro atoms. The third-order valence-corrected chi connectivity index (χ3v) is 4.45. The Kier molecular flexibility index (Phi) is 4.36. The fraction of sp³-hybridized carbons (Fsp3) is 0.467. The average Bonchev–Trinajstić information content (AvgIpc) is 2.72. The van der Waals surface area contributed by atoms with Gasteiger partial charge in [0.1, 0.15) is 5.82 Å². The van der Waals surface area contributed by atoms with Gasteiger partial charge in [0.2, 0.25) is 0 Å². The minimum atomic E-state index is -0.157. The molecule has 0 amide bonds. The van der Waals surface area contributed by atoms with Crippen molar-refractivity contribution in [2.75, 3.05) is 7.05 Å². The quantitative estimate of drug-likeness (QED) is 0.823. The zero-order valence-electron chi connectivity index (χ0n) is 11.2. The number of hydrogen-bond acceptors (Lipinski definition) is 2. The standard InChI is InChI=1S/C15H20FNS/c1-10(2)4-6-13(17-3)15-9-11-8-12(16)5-7-14(11)18-15/h5,7-10,13,17H,4,6H2,1-3H3. The lowest BCUT2D eigenvalue weighted by Crippen LogP contribution is -2.15. The van der Waals surface area contributed by atoms with Crippen LogP contribution in [0, 0.1) is 11.7 Å². The molecule has 0 saturated heterocycles. The number of nitrogens with one attached hydrogen (secondary N) is 1. The molecule has 1 nitrogen and oxygen atoms in total. The second-order valence-electron chi connectivity index (χ2n) is 5.14. The first kappa shape index (κ1) is 13.5. The molecule has 1 N–H and O–H groups in total. The highest BCUT2D eigenvalue weighted by Crippen LogP contribution is 2.32. The van der Waals surface area contributed by atoms with Crippen LogP contribution < -0.4 is 5.32 Å². The van der Waals surface area contributed by atoms with Gasteiger partial charge in [-0.1, -0.05) is 13.8 Å². The van der Waals surface area contributed by atoms with Crippen LogP contribution in [0.3, 0.4) is 0 Å². The normalized spacial score (nSPS) is 13.4. The van der Waals surface area contributed by atoms with E-state index in [9.17, 15) is 4.39 Å². The second-order valence-corrected chi connectivity index (χ2v) is 6.26. The summed E-state index contributed by atoms with van der Waals surface area (Å²) in [5, 5.41) is 4.38. The third-order valence-electron chi connectivity index (χ3n) is 3.22. The van der Waals surface area contributed by atoms with Gasteiger partial charge in [-0.3, -0.25) is 0 Å². The van der Waals surface area contributed by atoms with Crippen molar-refractivity contribution < 1.29 is 4.39 Å². The molecule has 3 heteroatoms. The molecule has 2 rings (SSSR count). The molecule has 1 unspecified atom stereocenters. The molecule has 0 aliphatic carbocycles. The molecular formula is C15H20FNS. The van der Waals surface area contributed by atoms with Crippen molar-refractivity contribution in [3.8, 4) is 0 Å². The van der Waals surface area contributed by atoms with E-state index in [-0.39, 0.29) is 5.82 Å². The first-order chi connectivity index (χ1) is 8.60. The minimum absolute atomic E-state index is 0.157. The number of halogens is 1. The maximum atomic E-state index is 13.2. The predicted molar refractivity (Wildman–Crippen MR) is 77.7 cm³/mol. The number of thiophene rings is 1. The van der Waals surface area contributed by atoms with Crippen LogP contribution in [0.2, 0.25) is 0 Å². The highest BCUT2D eigenvalue weighted by molar-refractivity contribution is 7.19. The second kappa shape index (κ2) is 5.81. The molecule has 0 aliphatic rings. The third kappa shape index (κ3) is 3.09. The van der Waals surface area contributed by atoms with E-state index in [1.165, 1.54) is 17.4 Å². The summed E-state index contributed by atoms with van der Waals surface area (Å²) in [5.41, 5.74) is 0. The highest BCUT2D eigenvalue weighted by Gasteiger charge is 2.13. The SMILES string of the molecule is CNC(CCC(C)C)c1cc2cc(F)ccc2s1. The fourth-order valence-corrected chi connectivity index (χ4v) is 3.32. The summed E-state index contributed by atoms with van der Waals surface area (Å²) in [7, 11) is 2.00. The zero-order chi connectivity index (χ0) is 13.1.